The summed E-state index contributed by atoms with van der Waals surface area (Å²) in [6.45, 7) is 0.0905. The number of hydrogen-bond donors (Lipinski definition) is 3. The highest BCUT2D eigenvalue weighted by Gasteiger charge is 2.38. The number of hydrogen-bond acceptors (Lipinski definition) is 5. The van der Waals surface area contributed by atoms with Gasteiger partial charge in [0.1, 0.15) is 10.9 Å². The summed E-state index contributed by atoms with van der Waals surface area (Å²) >= 11 is 0. The fourth-order valence-electron chi connectivity index (χ4n) is 2.35. The molecule has 1 saturated heterocycles. The van der Waals surface area contributed by atoms with Gasteiger partial charge in [0.05, 0.1) is 11.8 Å². The average molecular weight is 300 g/mol. The minimum Gasteiger partial charge on any atom is -0.480 e. The molecule has 1 aliphatic rings. The molecule has 2 unspecified atom stereocenters. The SMILES string of the molecule is CNS(=O)(=O)c1ccccc1N1CC(O)CC1C(=O)O. The number of aliphatic hydroxyl groups excluding tert-OH is 1. The van der Waals surface area contributed by atoms with Crippen LogP contribution >= 0.6 is 0 Å². The number of sulfonamides is 1. The summed E-state index contributed by atoms with van der Waals surface area (Å²) in [7, 11) is -2.41. The fourth-order valence-corrected chi connectivity index (χ4v) is 3.28. The highest BCUT2D eigenvalue weighted by atomic mass is 32.2. The number of carboxylic acids is 1. The molecule has 20 heavy (non-hydrogen) atoms. The number of nitrogens with zero attached hydrogens (tertiary/aromatic N) is 1. The van der Waals surface area contributed by atoms with E-state index in [0.717, 1.165) is 0 Å². The second-order valence-electron chi connectivity index (χ2n) is 4.57. The number of nitrogens with one attached hydrogen (secondary N) is 1. The summed E-state index contributed by atoms with van der Waals surface area (Å²) in [5.41, 5.74) is 0.283. The van der Waals surface area contributed by atoms with Crippen LogP contribution in [0.15, 0.2) is 29.2 Å². The van der Waals surface area contributed by atoms with Crippen molar-refractivity contribution in [1.82, 2.24) is 4.72 Å². The van der Waals surface area contributed by atoms with E-state index in [1.54, 1.807) is 12.1 Å². The number of benzene rings is 1. The van der Waals surface area contributed by atoms with Crippen LogP contribution in [0.4, 0.5) is 5.69 Å². The van der Waals surface area contributed by atoms with E-state index in [1.807, 2.05) is 0 Å². The van der Waals surface area contributed by atoms with Crippen molar-refractivity contribution in [3.63, 3.8) is 0 Å². The third-order valence-electron chi connectivity index (χ3n) is 3.30. The smallest absolute Gasteiger partial charge is 0.326 e. The van der Waals surface area contributed by atoms with Crippen molar-refractivity contribution >= 4 is 21.7 Å². The van der Waals surface area contributed by atoms with Crippen molar-refractivity contribution in [3.05, 3.63) is 24.3 Å². The van der Waals surface area contributed by atoms with Crippen LogP contribution in [0.25, 0.3) is 0 Å². The molecule has 1 fully saturated rings. The standard InChI is InChI=1S/C12H16N2O5S/c1-13-20(18,19)11-5-3-2-4-9(11)14-7-8(15)6-10(14)12(16)17/h2-5,8,10,13,15H,6-7H2,1H3,(H,16,17). The molecule has 1 aromatic carbocycles. The molecule has 0 amide bonds. The van der Waals surface area contributed by atoms with E-state index in [0.29, 0.717) is 0 Å². The van der Waals surface area contributed by atoms with Crippen LogP contribution in [0.3, 0.4) is 0 Å². The Morgan fingerprint density at radius 2 is 2.05 bits per heavy atom. The second kappa shape index (κ2) is 5.39. The van der Waals surface area contributed by atoms with Gasteiger partial charge in [-0.05, 0) is 19.2 Å². The minimum absolute atomic E-state index is 0.00264. The van der Waals surface area contributed by atoms with Gasteiger partial charge in [-0.25, -0.2) is 17.9 Å². The molecule has 1 heterocycles. The van der Waals surface area contributed by atoms with Crippen LogP contribution in [-0.4, -0.2) is 50.3 Å². The molecule has 0 radical (unpaired) electrons. The highest BCUT2D eigenvalue weighted by Crippen LogP contribution is 2.31. The minimum atomic E-state index is -3.70. The molecule has 2 rings (SSSR count). The van der Waals surface area contributed by atoms with Crippen LogP contribution < -0.4 is 9.62 Å². The highest BCUT2D eigenvalue weighted by molar-refractivity contribution is 7.89. The van der Waals surface area contributed by atoms with Crippen molar-refractivity contribution in [1.29, 1.82) is 0 Å². The van der Waals surface area contributed by atoms with E-state index in [-0.39, 0.29) is 23.5 Å². The predicted molar refractivity (Wildman–Crippen MR) is 72.1 cm³/mol. The third-order valence-corrected chi connectivity index (χ3v) is 4.76. The number of rotatable bonds is 4. The van der Waals surface area contributed by atoms with Crippen LogP contribution in [0.5, 0.6) is 0 Å². The van der Waals surface area contributed by atoms with Crippen molar-refractivity contribution in [2.75, 3.05) is 18.5 Å². The summed E-state index contributed by atoms with van der Waals surface area (Å²) in [5, 5.41) is 18.9. The number of aliphatic hydroxyl groups is 1. The first-order chi connectivity index (χ1) is 9.36. The molecule has 0 aliphatic carbocycles. The summed E-state index contributed by atoms with van der Waals surface area (Å²) in [6, 6.07) is 5.21. The maximum Gasteiger partial charge on any atom is 0.326 e. The third kappa shape index (κ3) is 2.62. The molecule has 3 N–H and O–H groups in total. The first kappa shape index (κ1) is 14.8. The topological polar surface area (TPSA) is 107 Å². The number of carbonyl (C=O) groups is 1. The van der Waals surface area contributed by atoms with E-state index in [2.05, 4.69) is 4.72 Å². The lowest BCUT2D eigenvalue weighted by molar-refractivity contribution is -0.138. The van der Waals surface area contributed by atoms with Gasteiger partial charge in [0.2, 0.25) is 10.0 Å². The summed E-state index contributed by atoms with van der Waals surface area (Å²) in [5.74, 6) is -1.08. The summed E-state index contributed by atoms with van der Waals surface area (Å²) in [4.78, 5) is 12.7. The van der Waals surface area contributed by atoms with Crippen LogP contribution in [0.1, 0.15) is 6.42 Å². The van der Waals surface area contributed by atoms with Crippen LogP contribution in [-0.2, 0) is 14.8 Å². The van der Waals surface area contributed by atoms with E-state index >= 15 is 0 Å². The van der Waals surface area contributed by atoms with Gasteiger partial charge in [-0.3, -0.25) is 0 Å². The molecule has 2 atom stereocenters. The lowest BCUT2D eigenvalue weighted by atomic mass is 10.2. The molecule has 7 nitrogen and oxygen atoms in total. The van der Waals surface area contributed by atoms with Crippen molar-refractivity contribution in [3.8, 4) is 0 Å². The molecule has 1 aromatic rings. The quantitative estimate of drug-likeness (QED) is 0.699. The Hall–Kier alpha value is -1.64. The number of para-hydroxylation sites is 1. The molecular weight excluding hydrogens is 284 g/mol. The normalized spacial score (nSPS) is 23.0. The van der Waals surface area contributed by atoms with E-state index in [1.165, 1.54) is 24.1 Å². The van der Waals surface area contributed by atoms with Gasteiger partial charge in [-0.2, -0.15) is 0 Å². The summed E-state index contributed by atoms with van der Waals surface area (Å²) in [6.07, 6.45) is -0.718. The molecule has 1 aliphatic heterocycles. The lowest BCUT2D eigenvalue weighted by Gasteiger charge is -2.25. The monoisotopic (exact) mass is 300 g/mol. The van der Waals surface area contributed by atoms with Gasteiger partial charge in [0.25, 0.3) is 0 Å². The number of anilines is 1. The van der Waals surface area contributed by atoms with Crippen LogP contribution in [0, 0.1) is 0 Å². The number of aliphatic carboxylic acids is 1. The molecule has 0 saturated carbocycles. The predicted octanol–water partition coefficient (Wildman–Crippen LogP) is -0.381. The van der Waals surface area contributed by atoms with E-state index in [4.69, 9.17) is 0 Å². The van der Waals surface area contributed by atoms with Crippen LogP contribution in [0.2, 0.25) is 0 Å². The molecule has 0 spiro atoms. The van der Waals surface area contributed by atoms with Gasteiger partial charge < -0.3 is 15.1 Å². The Kier molecular flexibility index (Phi) is 3.98. The van der Waals surface area contributed by atoms with Gasteiger partial charge in [-0.1, -0.05) is 12.1 Å². The largest absolute Gasteiger partial charge is 0.480 e. The molecular formula is C12H16N2O5S. The number of carboxylic acid groups (broad SMARTS) is 1. The van der Waals surface area contributed by atoms with E-state index < -0.39 is 28.1 Å². The Balaban J connectivity index is 2.50. The molecule has 110 valence electrons. The Morgan fingerprint density at radius 3 is 2.65 bits per heavy atom. The summed E-state index contributed by atoms with van der Waals surface area (Å²) < 4.78 is 26.2. The maximum absolute atomic E-state index is 12.0. The molecule has 0 aromatic heterocycles. The zero-order valence-electron chi connectivity index (χ0n) is 10.9. The number of β-amino-alcohol motifs (C(OH)–C–C–N with tert-alkyl or cyclic N) is 1. The van der Waals surface area contributed by atoms with Crippen molar-refractivity contribution < 1.29 is 23.4 Å². The Morgan fingerprint density at radius 1 is 1.40 bits per heavy atom. The molecule has 0 bridgehead atoms. The fraction of sp³-hybridized carbons (Fsp3) is 0.417. The van der Waals surface area contributed by atoms with Gasteiger partial charge in [0.15, 0.2) is 0 Å². The lowest BCUT2D eigenvalue weighted by Crippen LogP contribution is -2.37. The first-order valence-corrected chi connectivity index (χ1v) is 7.55. The van der Waals surface area contributed by atoms with E-state index in [9.17, 15) is 23.4 Å². The zero-order chi connectivity index (χ0) is 14.9. The second-order valence-corrected chi connectivity index (χ2v) is 6.43. The Labute approximate surface area is 116 Å². The van der Waals surface area contributed by atoms with Crippen molar-refractivity contribution in [2.24, 2.45) is 0 Å². The molecule has 8 heteroatoms. The van der Waals surface area contributed by atoms with Gasteiger partial charge >= 0.3 is 5.97 Å². The van der Waals surface area contributed by atoms with Crippen molar-refractivity contribution in [2.45, 2.75) is 23.5 Å². The van der Waals surface area contributed by atoms with Gasteiger partial charge in [-0.15, -0.1) is 0 Å². The maximum atomic E-state index is 12.0. The van der Waals surface area contributed by atoms with Gasteiger partial charge in [0, 0.05) is 13.0 Å². The zero-order valence-corrected chi connectivity index (χ0v) is 11.7. The first-order valence-electron chi connectivity index (χ1n) is 6.07. The Bertz CT molecular complexity index is 616. The average Bonchev–Trinajstić information content (AvgIpc) is 2.81.